The highest BCUT2D eigenvalue weighted by molar-refractivity contribution is 5.95. The molecule has 1 aliphatic heterocycles. The van der Waals surface area contributed by atoms with E-state index in [9.17, 15) is 4.79 Å². The lowest BCUT2D eigenvalue weighted by Crippen LogP contribution is -2.28. The van der Waals surface area contributed by atoms with E-state index in [1.807, 2.05) is 11.1 Å². The zero-order chi connectivity index (χ0) is 15.2. The van der Waals surface area contributed by atoms with Gasteiger partial charge in [-0.2, -0.15) is 0 Å². The molecule has 1 aromatic heterocycles. The Labute approximate surface area is 134 Å². The number of hydrogen-bond acceptors (Lipinski definition) is 2. The molecule has 1 saturated heterocycles. The first-order valence-corrected chi connectivity index (χ1v) is 9.12. The van der Waals surface area contributed by atoms with Crippen LogP contribution in [0.2, 0.25) is 0 Å². The second-order valence-electron chi connectivity index (χ2n) is 6.81. The summed E-state index contributed by atoms with van der Waals surface area (Å²) < 4.78 is 0. The predicted molar refractivity (Wildman–Crippen MR) is 89.1 cm³/mol. The van der Waals surface area contributed by atoms with Crippen molar-refractivity contribution in [2.24, 2.45) is 0 Å². The molecule has 22 heavy (non-hydrogen) atoms. The molecule has 2 aliphatic rings. The standard InChI is InChI=1S/C19H28N2O/c22-19(21-12-8-9-13-21)18-15-20-17-11-7-5-3-1-2-4-6-10-16(18)14-17/h14-15H,1-13H2. The molecule has 3 nitrogen and oxygen atoms in total. The first-order valence-electron chi connectivity index (χ1n) is 9.12. The van der Waals surface area contributed by atoms with Crippen LogP contribution >= 0.6 is 0 Å². The van der Waals surface area contributed by atoms with E-state index >= 15 is 0 Å². The van der Waals surface area contributed by atoms with Gasteiger partial charge in [-0.1, -0.05) is 32.1 Å². The molecule has 120 valence electrons. The van der Waals surface area contributed by atoms with E-state index in [0.29, 0.717) is 0 Å². The maximum atomic E-state index is 12.7. The summed E-state index contributed by atoms with van der Waals surface area (Å²) in [6, 6.07) is 2.21. The largest absolute Gasteiger partial charge is 0.339 e. The molecular weight excluding hydrogens is 272 g/mol. The van der Waals surface area contributed by atoms with Gasteiger partial charge < -0.3 is 4.90 Å². The molecule has 0 spiro atoms. The summed E-state index contributed by atoms with van der Waals surface area (Å²) in [6.07, 6.45) is 15.3. The second kappa shape index (κ2) is 7.75. The van der Waals surface area contributed by atoms with Crippen molar-refractivity contribution in [3.63, 3.8) is 0 Å². The number of hydrogen-bond donors (Lipinski definition) is 0. The zero-order valence-corrected chi connectivity index (χ0v) is 13.6. The Morgan fingerprint density at radius 2 is 1.50 bits per heavy atom. The number of fused-ring (bicyclic) bond motifs is 2. The lowest BCUT2D eigenvalue weighted by molar-refractivity contribution is 0.0791. The van der Waals surface area contributed by atoms with Crippen LogP contribution in [0.5, 0.6) is 0 Å². The van der Waals surface area contributed by atoms with Crippen molar-refractivity contribution in [3.05, 3.63) is 29.1 Å². The first-order chi connectivity index (χ1) is 10.8. The summed E-state index contributed by atoms with van der Waals surface area (Å²) in [6.45, 7) is 1.83. The molecule has 1 fully saturated rings. The van der Waals surface area contributed by atoms with E-state index in [-0.39, 0.29) is 5.91 Å². The van der Waals surface area contributed by atoms with Gasteiger partial charge in [-0.15, -0.1) is 0 Å². The van der Waals surface area contributed by atoms with Crippen LogP contribution in [0.1, 0.15) is 79.4 Å². The number of aryl methyl sites for hydroxylation is 2. The third-order valence-electron chi connectivity index (χ3n) is 5.05. The van der Waals surface area contributed by atoms with Gasteiger partial charge in [0.25, 0.3) is 5.91 Å². The second-order valence-corrected chi connectivity index (χ2v) is 6.81. The van der Waals surface area contributed by atoms with Gasteiger partial charge in [-0.25, -0.2) is 0 Å². The van der Waals surface area contributed by atoms with Crippen LogP contribution in [0.25, 0.3) is 0 Å². The Hall–Kier alpha value is -1.38. The van der Waals surface area contributed by atoms with Gasteiger partial charge in [-0.3, -0.25) is 9.78 Å². The molecule has 0 atom stereocenters. The molecule has 0 N–H and O–H groups in total. The molecule has 1 aromatic rings. The average Bonchev–Trinajstić information content (AvgIpc) is 3.06. The third kappa shape index (κ3) is 3.88. The number of carbonyl (C=O) groups is 1. The van der Waals surface area contributed by atoms with Gasteiger partial charge in [0, 0.05) is 25.0 Å². The molecule has 0 aromatic carbocycles. The Bertz CT molecular complexity index is 506. The highest BCUT2D eigenvalue weighted by atomic mass is 16.2. The minimum absolute atomic E-state index is 0.207. The van der Waals surface area contributed by atoms with Crippen molar-refractivity contribution in [1.29, 1.82) is 0 Å². The van der Waals surface area contributed by atoms with Crippen LogP contribution in [-0.2, 0) is 12.8 Å². The minimum atomic E-state index is 0.207. The van der Waals surface area contributed by atoms with Gasteiger partial charge in [-0.05, 0) is 50.2 Å². The number of nitrogens with zero attached hydrogens (tertiary/aromatic N) is 2. The van der Waals surface area contributed by atoms with Crippen molar-refractivity contribution in [2.45, 2.75) is 70.6 Å². The van der Waals surface area contributed by atoms with E-state index in [1.165, 1.54) is 56.2 Å². The quantitative estimate of drug-likeness (QED) is 0.780. The van der Waals surface area contributed by atoms with Gasteiger partial charge in [0.05, 0.1) is 5.56 Å². The molecule has 0 radical (unpaired) electrons. The number of carbonyl (C=O) groups excluding carboxylic acids is 1. The third-order valence-corrected chi connectivity index (χ3v) is 5.05. The fraction of sp³-hybridized carbons (Fsp3) is 0.684. The molecule has 3 heteroatoms. The Kier molecular flexibility index (Phi) is 5.47. The normalized spacial score (nSPS) is 20.3. The Morgan fingerprint density at radius 3 is 2.23 bits per heavy atom. The predicted octanol–water partition coefficient (Wildman–Crippen LogP) is 4.15. The summed E-state index contributed by atoms with van der Waals surface area (Å²) in [5.74, 6) is 0.207. The molecule has 2 heterocycles. The van der Waals surface area contributed by atoms with E-state index in [1.54, 1.807) is 0 Å². The fourth-order valence-corrected chi connectivity index (χ4v) is 3.68. The van der Waals surface area contributed by atoms with Crippen LogP contribution in [0.3, 0.4) is 0 Å². The summed E-state index contributed by atoms with van der Waals surface area (Å²) in [5, 5.41) is 0. The average molecular weight is 300 g/mol. The van der Waals surface area contributed by atoms with Crippen molar-refractivity contribution < 1.29 is 4.79 Å². The fourth-order valence-electron chi connectivity index (χ4n) is 3.68. The SMILES string of the molecule is O=C(c1cnc2cc1CCCCCCCCC2)N1CCCC1. The van der Waals surface area contributed by atoms with Crippen LogP contribution in [0.4, 0.5) is 0 Å². The summed E-state index contributed by atoms with van der Waals surface area (Å²) in [4.78, 5) is 19.3. The van der Waals surface area contributed by atoms with Crippen molar-refractivity contribution in [1.82, 2.24) is 9.88 Å². The summed E-state index contributed by atoms with van der Waals surface area (Å²) in [5.41, 5.74) is 3.28. The van der Waals surface area contributed by atoms with Gasteiger partial charge in [0.1, 0.15) is 0 Å². The van der Waals surface area contributed by atoms with Gasteiger partial charge >= 0.3 is 0 Å². The maximum absolute atomic E-state index is 12.7. The van der Waals surface area contributed by atoms with Crippen LogP contribution in [0, 0.1) is 0 Å². The molecule has 2 bridgehead atoms. The molecule has 3 rings (SSSR count). The maximum Gasteiger partial charge on any atom is 0.255 e. The number of rotatable bonds is 1. The minimum Gasteiger partial charge on any atom is -0.339 e. The smallest absolute Gasteiger partial charge is 0.255 e. The number of likely N-dealkylation sites (tertiary alicyclic amines) is 1. The van der Waals surface area contributed by atoms with Crippen molar-refractivity contribution in [2.75, 3.05) is 13.1 Å². The first kappa shape index (κ1) is 15.5. The van der Waals surface area contributed by atoms with Gasteiger partial charge in [0.15, 0.2) is 0 Å². The van der Waals surface area contributed by atoms with Crippen molar-refractivity contribution >= 4 is 5.91 Å². The molecule has 1 aliphatic carbocycles. The summed E-state index contributed by atoms with van der Waals surface area (Å²) in [7, 11) is 0. The topological polar surface area (TPSA) is 33.2 Å². The number of amides is 1. The number of pyridine rings is 1. The van der Waals surface area contributed by atoms with E-state index in [4.69, 9.17) is 0 Å². The Morgan fingerprint density at radius 1 is 0.864 bits per heavy atom. The highest BCUT2D eigenvalue weighted by Gasteiger charge is 2.22. The molecular formula is C19H28N2O. The lowest BCUT2D eigenvalue weighted by atomic mass is 9.97. The van der Waals surface area contributed by atoms with E-state index < -0.39 is 0 Å². The van der Waals surface area contributed by atoms with E-state index in [2.05, 4.69) is 11.1 Å². The van der Waals surface area contributed by atoms with Crippen LogP contribution in [-0.4, -0.2) is 28.9 Å². The van der Waals surface area contributed by atoms with Crippen LogP contribution in [0.15, 0.2) is 12.3 Å². The molecule has 0 unspecified atom stereocenters. The Balaban J connectivity index is 1.80. The molecule has 0 saturated carbocycles. The number of aromatic nitrogens is 1. The summed E-state index contributed by atoms with van der Waals surface area (Å²) >= 11 is 0. The monoisotopic (exact) mass is 300 g/mol. The van der Waals surface area contributed by atoms with Crippen molar-refractivity contribution in [3.8, 4) is 0 Å². The highest BCUT2D eigenvalue weighted by Crippen LogP contribution is 2.21. The molecule has 1 amide bonds. The lowest BCUT2D eigenvalue weighted by Gasteiger charge is -2.18. The van der Waals surface area contributed by atoms with Gasteiger partial charge in [0.2, 0.25) is 0 Å². The van der Waals surface area contributed by atoms with E-state index in [0.717, 1.165) is 44.3 Å². The van der Waals surface area contributed by atoms with Crippen LogP contribution < -0.4 is 0 Å². The zero-order valence-electron chi connectivity index (χ0n) is 13.6.